The Bertz CT molecular complexity index is 930. The van der Waals surface area contributed by atoms with Crippen molar-refractivity contribution in [2.45, 2.75) is 13.5 Å². The van der Waals surface area contributed by atoms with Crippen LogP contribution in [0.1, 0.15) is 23.0 Å². The fraction of sp³-hybridized carbons (Fsp3) is 0.167. The summed E-state index contributed by atoms with van der Waals surface area (Å²) in [6.07, 6.45) is 0. The third kappa shape index (κ3) is 4.00. The number of hydrogen-bond donors (Lipinski definition) is 1. The van der Waals surface area contributed by atoms with E-state index in [1.807, 2.05) is 6.07 Å². The average Bonchev–Trinajstić information content (AvgIpc) is 3.11. The van der Waals surface area contributed by atoms with E-state index in [1.165, 1.54) is 12.1 Å². The molecule has 1 N–H and O–H groups in total. The molecule has 0 aliphatic heterocycles. The predicted octanol–water partition coefficient (Wildman–Crippen LogP) is 4.02. The molecule has 0 aliphatic carbocycles. The molecule has 3 aromatic rings. The Labute approximate surface area is 153 Å². The van der Waals surface area contributed by atoms with Gasteiger partial charge in [0.05, 0.1) is 6.61 Å². The minimum atomic E-state index is -0.627. The summed E-state index contributed by atoms with van der Waals surface area (Å²) in [6.45, 7) is 2.06. The second-order valence-electron chi connectivity index (χ2n) is 5.31. The van der Waals surface area contributed by atoms with Crippen LogP contribution in [0.3, 0.4) is 0 Å². The van der Waals surface area contributed by atoms with Crippen LogP contribution in [0.15, 0.2) is 42.5 Å². The van der Waals surface area contributed by atoms with Crippen molar-refractivity contribution >= 4 is 17.6 Å². The van der Waals surface area contributed by atoms with Crippen molar-refractivity contribution in [3.05, 3.63) is 64.6 Å². The number of H-pyrrole nitrogens is 1. The first-order chi connectivity index (χ1) is 12.6. The first-order valence-electron chi connectivity index (χ1n) is 7.83. The molecule has 0 fully saturated rings. The minimum Gasteiger partial charge on any atom is -0.486 e. The van der Waals surface area contributed by atoms with Gasteiger partial charge in [-0.3, -0.25) is 0 Å². The van der Waals surface area contributed by atoms with Crippen LogP contribution < -0.4 is 4.74 Å². The quantitative estimate of drug-likeness (QED) is 0.658. The number of rotatable bonds is 6. The first-order valence-corrected chi connectivity index (χ1v) is 8.21. The molecule has 2 aromatic carbocycles. The summed E-state index contributed by atoms with van der Waals surface area (Å²) in [4.78, 5) is 11.9. The van der Waals surface area contributed by atoms with Gasteiger partial charge in [0, 0.05) is 10.6 Å². The highest BCUT2D eigenvalue weighted by Crippen LogP contribution is 2.27. The number of hydrogen-bond acceptors (Lipinski definition) is 5. The van der Waals surface area contributed by atoms with E-state index in [9.17, 15) is 9.18 Å². The Morgan fingerprint density at radius 1 is 1.23 bits per heavy atom. The second kappa shape index (κ2) is 7.97. The zero-order valence-electron chi connectivity index (χ0n) is 13.8. The van der Waals surface area contributed by atoms with E-state index in [0.717, 1.165) is 5.56 Å². The van der Waals surface area contributed by atoms with Crippen LogP contribution in [-0.4, -0.2) is 28.0 Å². The highest BCUT2D eigenvalue weighted by molar-refractivity contribution is 6.30. The largest absolute Gasteiger partial charge is 0.486 e. The molecule has 0 atom stereocenters. The number of aromatic amines is 1. The summed E-state index contributed by atoms with van der Waals surface area (Å²) < 4.78 is 24.8. The lowest BCUT2D eigenvalue weighted by Crippen LogP contribution is -2.07. The number of nitrogens with one attached hydrogen (secondary N) is 1. The molecule has 26 heavy (non-hydrogen) atoms. The zero-order valence-corrected chi connectivity index (χ0v) is 14.6. The number of benzene rings is 2. The molecular weight excluding hydrogens is 361 g/mol. The molecule has 0 aliphatic rings. The average molecular weight is 376 g/mol. The van der Waals surface area contributed by atoms with E-state index in [1.54, 1.807) is 31.2 Å². The van der Waals surface area contributed by atoms with E-state index in [0.29, 0.717) is 10.6 Å². The number of esters is 1. The lowest BCUT2D eigenvalue weighted by atomic mass is 10.1. The minimum absolute atomic E-state index is 0.00107. The van der Waals surface area contributed by atoms with Crippen molar-refractivity contribution in [2.75, 3.05) is 6.61 Å². The van der Waals surface area contributed by atoms with Gasteiger partial charge in [0.1, 0.15) is 12.3 Å². The van der Waals surface area contributed by atoms with Crippen LogP contribution in [0, 0.1) is 5.82 Å². The van der Waals surface area contributed by atoms with Crippen molar-refractivity contribution in [3.8, 4) is 17.0 Å². The van der Waals surface area contributed by atoms with Gasteiger partial charge in [0.25, 0.3) is 0 Å². The van der Waals surface area contributed by atoms with Gasteiger partial charge < -0.3 is 9.47 Å². The lowest BCUT2D eigenvalue weighted by Gasteiger charge is -2.09. The summed E-state index contributed by atoms with van der Waals surface area (Å²) in [6, 6.07) is 11.4. The van der Waals surface area contributed by atoms with Gasteiger partial charge in [-0.2, -0.15) is 10.3 Å². The monoisotopic (exact) mass is 375 g/mol. The molecule has 1 heterocycles. The Hall–Kier alpha value is -2.93. The molecule has 0 saturated carbocycles. The maximum atomic E-state index is 14.4. The van der Waals surface area contributed by atoms with Crippen LogP contribution >= 0.6 is 11.6 Å². The van der Waals surface area contributed by atoms with E-state index >= 15 is 0 Å². The van der Waals surface area contributed by atoms with E-state index in [-0.39, 0.29) is 30.4 Å². The standard InChI is InChI=1S/C18H15ClFN3O3/c1-2-25-18(24)17-16(21-23-22-17)12-6-7-15(14(20)9-12)26-10-11-4-3-5-13(19)8-11/h3-9H,2,10H2,1H3,(H,21,22,23). The number of aromatic nitrogens is 3. The summed E-state index contributed by atoms with van der Waals surface area (Å²) in [5, 5.41) is 10.6. The van der Waals surface area contributed by atoms with Crippen molar-refractivity contribution in [1.29, 1.82) is 0 Å². The molecule has 0 radical (unpaired) electrons. The smallest absolute Gasteiger partial charge is 0.361 e. The fourth-order valence-corrected chi connectivity index (χ4v) is 2.54. The molecule has 6 nitrogen and oxygen atoms in total. The Morgan fingerprint density at radius 2 is 2.08 bits per heavy atom. The third-order valence-corrected chi connectivity index (χ3v) is 3.74. The molecule has 0 bridgehead atoms. The molecule has 0 saturated heterocycles. The highest BCUT2D eigenvalue weighted by Gasteiger charge is 2.20. The maximum absolute atomic E-state index is 14.4. The SMILES string of the molecule is CCOC(=O)c1n[nH]nc1-c1ccc(OCc2cccc(Cl)c2)c(F)c1. The number of carbonyl (C=O) groups is 1. The van der Waals surface area contributed by atoms with Gasteiger partial charge in [-0.05, 0) is 42.8 Å². The normalized spacial score (nSPS) is 10.6. The number of carbonyl (C=O) groups excluding carboxylic acids is 1. The summed E-state index contributed by atoms with van der Waals surface area (Å²) in [5.41, 5.74) is 1.42. The van der Waals surface area contributed by atoms with E-state index in [2.05, 4.69) is 15.4 Å². The number of nitrogens with zero attached hydrogens (tertiary/aromatic N) is 2. The van der Waals surface area contributed by atoms with E-state index < -0.39 is 11.8 Å². The first kappa shape index (κ1) is 17.9. The van der Waals surface area contributed by atoms with Crippen molar-refractivity contribution < 1.29 is 18.7 Å². The Morgan fingerprint density at radius 3 is 2.81 bits per heavy atom. The van der Waals surface area contributed by atoms with Gasteiger partial charge >= 0.3 is 5.97 Å². The number of ether oxygens (including phenoxy) is 2. The van der Waals surface area contributed by atoms with Crippen molar-refractivity contribution in [2.24, 2.45) is 0 Å². The van der Waals surface area contributed by atoms with Crippen molar-refractivity contribution in [3.63, 3.8) is 0 Å². The lowest BCUT2D eigenvalue weighted by molar-refractivity contribution is 0.0520. The fourth-order valence-electron chi connectivity index (χ4n) is 2.33. The molecule has 0 unspecified atom stereocenters. The Kier molecular flexibility index (Phi) is 5.48. The van der Waals surface area contributed by atoms with Gasteiger partial charge in [0.2, 0.25) is 0 Å². The van der Waals surface area contributed by atoms with Crippen LogP contribution in [0.4, 0.5) is 4.39 Å². The molecule has 3 rings (SSSR count). The molecule has 134 valence electrons. The number of halogens is 2. The third-order valence-electron chi connectivity index (χ3n) is 3.51. The second-order valence-corrected chi connectivity index (χ2v) is 5.74. The summed E-state index contributed by atoms with van der Waals surface area (Å²) in [5.74, 6) is -1.13. The summed E-state index contributed by atoms with van der Waals surface area (Å²) in [7, 11) is 0. The summed E-state index contributed by atoms with van der Waals surface area (Å²) >= 11 is 5.92. The maximum Gasteiger partial charge on any atom is 0.361 e. The van der Waals surface area contributed by atoms with Crippen LogP contribution in [0.25, 0.3) is 11.3 Å². The van der Waals surface area contributed by atoms with Crippen LogP contribution in [0.2, 0.25) is 5.02 Å². The zero-order chi connectivity index (χ0) is 18.5. The van der Waals surface area contributed by atoms with Gasteiger partial charge in [-0.15, -0.1) is 5.10 Å². The van der Waals surface area contributed by atoms with Gasteiger partial charge in [-0.1, -0.05) is 23.7 Å². The highest BCUT2D eigenvalue weighted by atomic mass is 35.5. The predicted molar refractivity (Wildman–Crippen MR) is 93.5 cm³/mol. The van der Waals surface area contributed by atoms with Crippen molar-refractivity contribution in [1.82, 2.24) is 15.4 Å². The molecule has 1 aromatic heterocycles. The topological polar surface area (TPSA) is 77.1 Å². The van der Waals surface area contributed by atoms with Crippen LogP contribution in [0.5, 0.6) is 5.75 Å². The van der Waals surface area contributed by atoms with E-state index in [4.69, 9.17) is 21.1 Å². The Balaban J connectivity index is 1.78. The molecule has 8 heteroatoms. The molecule has 0 spiro atoms. The molecule has 0 amide bonds. The molecular formula is C18H15ClFN3O3. The van der Waals surface area contributed by atoms with Gasteiger partial charge in [0.15, 0.2) is 17.3 Å². The van der Waals surface area contributed by atoms with Gasteiger partial charge in [-0.25, -0.2) is 9.18 Å². The van der Waals surface area contributed by atoms with Crippen LogP contribution in [-0.2, 0) is 11.3 Å².